The number of hydrogen-bond acceptors (Lipinski definition) is 2. The minimum Gasteiger partial charge on any atom is -0.307 e. The second kappa shape index (κ2) is 5.75. The molecule has 0 aromatic carbocycles. The van der Waals surface area contributed by atoms with E-state index in [9.17, 15) is 0 Å². The highest BCUT2D eigenvalue weighted by Gasteiger charge is 2.28. The molecule has 2 aliphatic rings. The summed E-state index contributed by atoms with van der Waals surface area (Å²) in [5.41, 5.74) is 1.62. The zero-order valence-electron chi connectivity index (χ0n) is 11.5. The van der Waals surface area contributed by atoms with Crippen LogP contribution in [0.1, 0.15) is 68.4 Å². The van der Waals surface area contributed by atoms with Gasteiger partial charge in [-0.3, -0.25) is 0 Å². The van der Waals surface area contributed by atoms with Crippen molar-refractivity contribution in [3.05, 3.63) is 21.9 Å². The van der Waals surface area contributed by atoms with Crippen LogP contribution in [0.25, 0.3) is 0 Å². The molecule has 0 aliphatic heterocycles. The number of aryl methyl sites for hydroxylation is 1. The normalized spacial score (nSPS) is 32.2. The van der Waals surface area contributed by atoms with Gasteiger partial charge in [0.2, 0.25) is 0 Å². The Morgan fingerprint density at radius 2 is 2.11 bits per heavy atom. The summed E-state index contributed by atoms with van der Waals surface area (Å²) in [4.78, 5) is 1.64. The van der Waals surface area contributed by atoms with Gasteiger partial charge in [0.1, 0.15) is 0 Å². The molecule has 3 unspecified atom stereocenters. The number of fused-ring (bicyclic) bond motifs is 1. The van der Waals surface area contributed by atoms with Gasteiger partial charge in [0, 0.05) is 17.0 Å². The van der Waals surface area contributed by atoms with E-state index in [0.717, 1.165) is 12.0 Å². The SMILES string of the molecule is CCC1CCCCC1NC1CCCc2sccc21. The molecule has 1 nitrogen and oxygen atoms in total. The van der Waals surface area contributed by atoms with E-state index in [0.29, 0.717) is 6.04 Å². The lowest BCUT2D eigenvalue weighted by atomic mass is 9.81. The van der Waals surface area contributed by atoms with E-state index in [1.54, 1.807) is 10.4 Å². The maximum absolute atomic E-state index is 4.01. The molecule has 1 aromatic rings. The first kappa shape index (κ1) is 12.7. The fourth-order valence-corrected chi connectivity index (χ4v) is 4.82. The molecule has 0 spiro atoms. The fraction of sp³-hybridized carbons (Fsp3) is 0.750. The van der Waals surface area contributed by atoms with Crippen LogP contribution in [0.15, 0.2) is 11.4 Å². The van der Waals surface area contributed by atoms with Crippen LogP contribution in [-0.2, 0) is 6.42 Å². The van der Waals surface area contributed by atoms with E-state index in [1.165, 1.54) is 51.4 Å². The molecular weight excluding hydrogens is 238 g/mol. The van der Waals surface area contributed by atoms with Crippen LogP contribution in [0.4, 0.5) is 0 Å². The zero-order chi connectivity index (χ0) is 12.4. The van der Waals surface area contributed by atoms with Crippen molar-refractivity contribution in [3.8, 4) is 0 Å². The number of nitrogens with one attached hydrogen (secondary N) is 1. The van der Waals surface area contributed by atoms with Crippen molar-refractivity contribution in [2.45, 2.75) is 70.4 Å². The molecular formula is C16H25NS. The summed E-state index contributed by atoms with van der Waals surface area (Å²) < 4.78 is 0. The van der Waals surface area contributed by atoms with Gasteiger partial charge < -0.3 is 5.32 Å². The maximum atomic E-state index is 4.01. The third-order valence-corrected chi connectivity index (χ3v) is 5.90. The van der Waals surface area contributed by atoms with Crippen molar-refractivity contribution in [3.63, 3.8) is 0 Å². The molecule has 1 heterocycles. The summed E-state index contributed by atoms with van der Waals surface area (Å²) in [5.74, 6) is 0.919. The number of hydrogen-bond donors (Lipinski definition) is 1. The number of rotatable bonds is 3. The molecule has 1 saturated carbocycles. The summed E-state index contributed by atoms with van der Waals surface area (Å²) in [6.07, 6.45) is 11.1. The Hall–Kier alpha value is -0.340. The van der Waals surface area contributed by atoms with E-state index < -0.39 is 0 Å². The van der Waals surface area contributed by atoms with Crippen LogP contribution < -0.4 is 5.32 Å². The zero-order valence-corrected chi connectivity index (χ0v) is 12.3. The molecule has 0 bridgehead atoms. The first-order valence-corrected chi connectivity index (χ1v) is 8.58. The summed E-state index contributed by atoms with van der Waals surface area (Å²) in [6, 6.07) is 3.79. The summed E-state index contributed by atoms with van der Waals surface area (Å²) in [7, 11) is 0. The van der Waals surface area contributed by atoms with Gasteiger partial charge in [0.25, 0.3) is 0 Å². The quantitative estimate of drug-likeness (QED) is 0.834. The van der Waals surface area contributed by atoms with Gasteiger partial charge in [-0.2, -0.15) is 0 Å². The average Bonchev–Trinajstić information content (AvgIpc) is 2.89. The molecule has 1 N–H and O–H groups in total. The Bertz CT molecular complexity index is 384. The topological polar surface area (TPSA) is 12.0 Å². The third-order valence-electron chi connectivity index (χ3n) is 4.90. The minimum atomic E-state index is 0.650. The Labute approximate surface area is 115 Å². The van der Waals surface area contributed by atoms with Gasteiger partial charge in [0.15, 0.2) is 0 Å². The van der Waals surface area contributed by atoms with Crippen LogP contribution in [0, 0.1) is 5.92 Å². The fourth-order valence-electron chi connectivity index (χ4n) is 3.83. The third kappa shape index (κ3) is 2.50. The van der Waals surface area contributed by atoms with E-state index >= 15 is 0 Å². The first-order chi connectivity index (χ1) is 8.88. The predicted octanol–water partition coefficient (Wildman–Crippen LogP) is 4.68. The minimum absolute atomic E-state index is 0.650. The molecule has 0 saturated heterocycles. The van der Waals surface area contributed by atoms with Crippen molar-refractivity contribution >= 4 is 11.3 Å². The van der Waals surface area contributed by atoms with Crippen molar-refractivity contribution < 1.29 is 0 Å². The van der Waals surface area contributed by atoms with Crippen LogP contribution in [0.2, 0.25) is 0 Å². The Morgan fingerprint density at radius 3 is 3.00 bits per heavy atom. The van der Waals surface area contributed by atoms with Crippen LogP contribution in [0.3, 0.4) is 0 Å². The molecule has 0 radical (unpaired) electrons. The van der Waals surface area contributed by atoms with E-state index in [2.05, 4.69) is 23.7 Å². The summed E-state index contributed by atoms with van der Waals surface area (Å²) in [6.45, 7) is 2.36. The van der Waals surface area contributed by atoms with E-state index in [1.807, 2.05) is 11.3 Å². The van der Waals surface area contributed by atoms with E-state index in [-0.39, 0.29) is 0 Å². The lowest BCUT2D eigenvalue weighted by Crippen LogP contribution is -2.41. The van der Waals surface area contributed by atoms with Crippen molar-refractivity contribution in [1.82, 2.24) is 5.32 Å². The van der Waals surface area contributed by atoms with Gasteiger partial charge in [0.05, 0.1) is 0 Å². The van der Waals surface area contributed by atoms with Crippen molar-refractivity contribution in [2.24, 2.45) is 5.92 Å². The Morgan fingerprint density at radius 1 is 1.22 bits per heavy atom. The van der Waals surface area contributed by atoms with Gasteiger partial charge in [-0.25, -0.2) is 0 Å². The van der Waals surface area contributed by atoms with Gasteiger partial charge in [-0.15, -0.1) is 11.3 Å². The molecule has 2 heteroatoms. The summed E-state index contributed by atoms with van der Waals surface area (Å²) in [5, 5.41) is 6.29. The van der Waals surface area contributed by atoms with Crippen molar-refractivity contribution in [2.75, 3.05) is 0 Å². The highest BCUT2D eigenvalue weighted by Crippen LogP contribution is 2.36. The lowest BCUT2D eigenvalue weighted by Gasteiger charge is -2.36. The lowest BCUT2D eigenvalue weighted by molar-refractivity contribution is 0.230. The molecule has 2 aliphatic carbocycles. The molecule has 1 fully saturated rings. The van der Waals surface area contributed by atoms with Crippen LogP contribution >= 0.6 is 11.3 Å². The van der Waals surface area contributed by atoms with Crippen LogP contribution in [-0.4, -0.2) is 6.04 Å². The van der Waals surface area contributed by atoms with Crippen molar-refractivity contribution in [1.29, 1.82) is 0 Å². The highest BCUT2D eigenvalue weighted by molar-refractivity contribution is 7.10. The first-order valence-electron chi connectivity index (χ1n) is 7.70. The standard InChI is InChI=1S/C16H25NS/c1-2-12-6-3-4-7-14(12)17-15-8-5-9-16-13(15)10-11-18-16/h10-12,14-15,17H,2-9H2,1H3. The molecule has 3 rings (SSSR count). The summed E-state index contributed by atoms with van der Waals surface area (Å²) >= 11 is 1.96. The Kier molecular flexibility index (Phi) is 4.05. The second-order valence-electron chi connectivity index (χ2n) is 5.97. The molecule has 1 aromatic heterocycles. The maximum Gasteiger partial charge on any atom is 0.0333 e. The van der Waals surface area contributed by atoms with E-state index in [4.69, 9.17) is 0 Å². The predicted molar refractivity (Wildman–Crippen MR) is 79.2 cm³/mol. The largest absolute Gasteiger partial charge is 0.307 e. The van der Waals surface area contributed by atoms with Gasteiger partial charge >= 0.3 is 0 Å². The number of thiophene rings is 1. The Balaban J connectivity index is 1.69. The monoisotopic (exact) mass is 263 g/mol. The second-order valence-corrected chi connectivity index (χ2v) is 6.97. The molecule has 3 atom stereocenters. The van der Waals surface area contributed by atoms with Gasteiger partial charge in [-0.05, 0) is 55.0 Å². The molecule has 100 valence electrons. The molecule has 0 amide bonds. The van der Waals surface area contributed by atoms with Gasteiger partial charge in [-0.1, -0.05) is 26.2 Å². The highest BCUT2D eigenvalue weighted by atomic mass is 32.1. The van der Waals surface area contributed by atoms with Crippen LogP contribution in [0.5, 0.6) is 0 Å². The average molecular weight is 263 g/mol. The smallest absolute Gasteiger partial charge is 0.0333 e. The molecule has 18 heavy (non-hydrogen) atoms.